The molecule has 1 aromatic heterocycles. The molecule has 4 nitrogen and oxygen atoms in total. The summed E-state index contributed by atoms with van der Waals surface area (Å²) >= 11 is 0. The average Bonchev–Trinajstić information content (AvgIpc) is 2.41. The monoisotopic (exact) mass is 224 g/mol. The van der Waals surface area contributed by atoms with Crippen molar-refractivity contribution in [1.29, 1.82) is 0 Å². The Balaban J connectivity index is 2.09. The summed E-state index contributed by atoms with van der Waals surface area (Å²) in [4.78, 5) is 3.97. The molecule has 1 heterocycles. The number of nitrogens with two attached hydrogens (primary N) is 1. The van der Waals surface area contributed by atoms with Crippen LogP contribution >= 0.6 is 0 Å². The van der Waals surface area contributed by atoms with Crippen LogP contribution in [-0.4, -0.2) is 17.0 Å². The lowest BCUT2D eigenvalue weighted by Gasteiger charge is -1.96. The lowest BCUT2D eigenvalue weighted by Crippen LogP contribution is -2.12. The third kappa shape index (κ3) is 3.24. The van der Waals surface area contributed by atoms with E-state index in [-0.39, 0.29) is 0 Å². The smallest absolute Gasteiger partial charge is 0.153 e. The van der Waals surface area contributed by atoms with E-state index >= 15 is 0 Å². The zero-order chi connectivity index (χ0) is 11.9. The summed E-state index contributed by atoms with van der Waals surface area (Å²) in [5, 5.41) is 7.84. The van der Waals surface area contributed by atoms with Crippen LogP contribution in [-0.2, 0) is 0 Å². The van der Waals surface area contributed by atoms with E-state index < -0.39 is 0 Å². The first-order valence-electron chi connectivity index (χ1n) is 5.18. The number of benzene rings is 1. The topological polar surface area (TPSA) is 63.6 Å². The third-order valence-electron chi connectivity index (χ3n) is 2.13. The average molecular weight is 224 g/mol. The minimum Gasteiger partial charge on any atom is -0.382 e. The minimum atomic E-state index is 0.394. The second kappa shape index (κ2) is 5.55. The van der Waals surface area contributed by atoms with Crippen molar-refractivity contribution >= 4 is 12.1 Å². The molecule has 0 amide bonds. The van der Waals surface area contributed by atoms with Gasteiger partial charge < -0.3 is 5.73 Å². The first-order valence-corrected chi connectivity index (χ1v) is 5.18. The van der Waals surface area contributed by atoms with Crippen LogP contribution in [0.1, 0.15) is 11.1 Å². The van der Waals surface area contributed by atoms with Crippen LogP contribution < -0.4 is 5.73 Å². The quantitative estimate of drug-likeness (QED) is 0.491. The SMILES string of the molecule is NC(=NN=Cc1cccnc1)c1ccccc1. The van der Waals surface area contributed by atoms with Crippen molar-refractivity contribution in [2.24, 2.45) is 15.9 Å². The normalized spacial score (nSPS) is 11.9. The Hall–Kier alpha value is -2.49. The molecule has 84 valence electrons. The summed E-state index contributed by atoms with van der Waals surface area (Å²) in [6, 6.07) is 13.2. The predicted molar refractivity (Wildman–Crippen MR) is 69.0 cm³/mol. The van der Waals surface area contributed by atoms with Crippen LogP contribution in [0, 0.1) is 0 Å². The summed E-state index contributed by atoms with van der Waals surface area (Å²) in [5.41, 5.74) is 7.52. The van der Waals surface area contributed by atoms with Crippen molar-refractivity contribution in [1.82, 2.24) is 4.98 Å². The van der Waals surface area contributed by atoms with Gasteiger partial charge in [-0.15, -0.1) is 5.10 Å². The van der Waals surface area contributed by atoms with E-state index in [1.807, 2.05) is 42.5 Å². The highest BCUT2D eigenvalue weighted by atomic mass is 15.2. The molecule has 0 aliphatic rings. The predicted octanol–water partition coefficient (Wildman–Crippen LogP) is 1.82. The van der Waals surface area contributed by atoms with E-state index in [2.05, 4.69) is 15.2 Å². The standard InChI is InChI=1S/C13H12N4/c14-13(12-6-2-1-3-7-12)17-16-10-11-5-4-8-15-9-11/h1-10H,(H2,14,17). The van der Waals surface area contributed by atoms with Crippen LogP contribution in [0.15, 0.2) is 65.1 Å². The van der Waals surface area contributed by atoms with E-state index in [1.54, 1.807) is 18.6 Å². The molecule has 0 saturated heterocycles. The Kier molecular flexibility index (Phi) is 3.60. The number of amidine groups is 1. The van der Waals surface area contributed by atoms with Crippen molar-refractivity contribution < 1.29 is 0 Å². The van der Waals surface area contributed by atoms with Gasteiger partial charge in [-0.25, -0.2) is 0 Å². The van der Waals surface area contributed by atoms with E-state index in [0.717, 1.165) is 11.1 Å². The van der Waals surface area contributed by atoms with Crippen LogP contribution in [0.2, 0.25) is 0 Å². The van der Waals surface area contributed by atoms with Crippen LogP contribution in [0.25, 0.3) is 0 Å². The Bertz CT molecular complexity index is 518. The lowest BCUT2D eigenvalue weighted by atomic mass is 10.2. The maximum atomic E-state index is 5.78. The van der Waals surface area contributed by atoms with Gasteiger partial charge >= 0.3 is 0 Å². The fraction of sp³-hybridized carbons (Fsp3) is 0. The summed E-state index contributed by atoms with van der Waals surface area (Å²) in [5.74, 6) is 0.394. The molecular formula is C13H12N4. The molecule has 0 unspecified atom stereocenters. The molecule has 0 bridgehead atoms. The summed E-state index contributed by atoms with van der Waals surface area (Å²) in [6.07, 6.45) is 5.03. The van der Waals surface area contributed by atoms with Gasteiger partial charge in [-0.05, 0) is 6.07 Å². The Morgan fingerprint density at radius 2 is 1.94 bits per heavy atom. The van der Waals surface area contributed by atoms with Crippen LogP contribution in [0.3, 0.4) is 0 Å². The zero-order valence-corrected chi connectivity index (χ0v) is 9.19. The van der Waals surface area contributed by atoms with Crippen molar-refractivity contribution in [2.75, 3.05) is 0 Å². The first kappa shape index (κ1) is 11.0. The molecule has 2 aromatic rings. The molecule has 4 heteroatoms. The highest BCUT2D eigenvalue weighted by molar-refractivity contribution is 5.97. The first-order chi connectivity index (χ1) is 8.36. The van der Waals surface area contributed by atoms with Gasteiger partial charge in [0, 0.05) is 23.5 Å². The largest absolute Gasteiger partial charge is 0.382 e. The van der Waals surface area contributed by atoms with E-state index in [4.69, 9.17) is 5.73 Å². The van der Waals surface area contributed by atoms with Crippen LogP contribution in [0.4, 0.5) is 0 Å². The molecule has 17 heavy (non-hydrogen) atoms. The molecule has 1 aromatic carbocycles. The van der Waals surface area contributed by atoms with Gasteiger partial charge in [0.1, 0.15) is 0 Å². The summed E-state index contributed by atoms with van der Waals surface area (Å²) in [7, 11) is 0. The number of rotatable bonds is 3. The van der Waals surface area contributed by atoms with Crippen molar-refractivity contribution in [3.63, 3.8) is 0 Å². The zero-order valence-electron chi connectivity index (χ0n) is 9.19. The molecule has 0 saturated carbocycles. The molecule has 0 spiro atoms. The van der Waals surface area contributed by atoms with Crippen molar-refractivity contribution in [3.05, 3.63) is 66.0 Å². The van der Waals surface area contributed by atoms with E-state index in [0.29, 0.717) is 5.84 Å². The minimum absolute atomic E-state index is 0.394. The second-order valence-corrected chi connectivity index (χ2v) is 3.38. The Morgan fingerprint density at radius 3 is 2.65 bits per heavy atom. The maximum absolute atomic E-state index is 5.78. The van der Waals surface area contributed by atoms with E-state index in [9.17, 15) is 0 Å². The maximum Gasteiger partial charge on any atom is 0.153 e. The van der Waals surface area contributed by atoms with Gasteiger partial charge in [-0.1, -0.05) is 36.4 Å². The number of nitrogens with zero attached hydrogens (tertiary/aromatic N) is 3. The molecule has 2 rings (SSSR count). The summed E-state index contributed by atoms with van der Waals surface area (Å²) in [6.45, 7) is 0. The third-order valence-corrected chi connectivity index (χ3v) is 2.13. The number of aromatic nitrogens is 1. The highest BCUT2D eigenvalue weighted by Gasteiger charge is 1.94. The van der Waals surface area contributed by atoms with Gasteiger partial charge in [0.05, 0.1) is 6.21 Å². The Morgan fingerprint density at radius 1 is 1.12 bits per heavy atom. The molecule has 0 aliphatic heterocycles. The molecule has 0 fully saturated rings. The van der Waals surface area contributed by atoms with Crippen molar-refractivity contribution in [2.45, 2.75) is 0 Å². The summed E-state index contributed by atoms with van der Waals surface area (Å²) < 4.78 is 0. The second-order valence-electron chi connectivity index (χ2n) is 3.38. The number of pyridine rings is 1. The van der Waals surface area contributed by atoms with Gasteiger partial charge in [0.15, 0.2) is 5.84 Å². The van der Waals surface area contributed by atoms with Gasteiger partial charge in [0.2, 0.25) is 0 Å². The van der Waals surface area contributed by atoms with Gasteiger partial charge in [-0.3, -0.25) is 4.98 Å². The highest BCUT2D eigenvalue weighted by Crippen LogP contribution is 1.98. The Labute approximate surface area is 99.5 Å². The fourth-order valence-electron chi connectivity index (χ4n) is 1.28. The molecular weight excluding hydrogens is 212 g/mol. The van der Waals surface area contributed by atoms with Crippen LogP contribution in [0.5, 0.6) is 0 Å². The van der Waals surface area contributed by atoms with Gasteiger partial charge in [0.25, 0.3) is 0 Å². The molecule has 2 N–H and O–H groups in total. The molecule has 0 radical (unpaired) electrons. The molecule has 0 aliphatic carbocycles. The molecule has 0 atom stereocenters. The lowest BCUT2D eigenvalue weighted by molar-refractivity contribution is 1.22. The van der Waals surface area contributed by atoms with E-state index in [1.165, 1.54) is 0 Å². The van der Waals surface area contributed by atoms with Crippen molar-refractivity contribution in [3.8, 4) is 0 Å². The van der Waals surface area contributed by atoms with Gasteiger partial charge in [-0.2, -0.15) is 5.10 Å². The number of hydrogen-bond donors (Lipinski definition) is 1. The number of hydrogen-bond acceptors (Lipinski definition) is 3. The fourth-order valence-corrected chi connectivity index (χ4v) is 1.28.